The number of halogens is 1. The Morgan fingerprint density at radius 3 is 2.31 bits per heavy atom. The van der Waals surface area contributed by atoms with E-state index in [2.05, 4.69) is 5.32 Å². The van der Waals surface area contributed by atoms with E-state index in [-0.39, 0.29) is 36.8 Å². The van der Waals surface area contributed by atoms with Gasteiger partial charge in [-0.15, -0.1) is 0 Å². The highest BCUT2D eigenvalue weighted by Gasteiger charge is 2.31. The Morgan fingerprint density at radius 1 is 0.971 bits per heavy atom. The molecule has 2 amide bonds. The Morgan fingerprint density at radius 2 is 1.66 bits per heavy atom. The molecule has 0 heterocycles. The molecule has 5 nitrogen and oxygen atoms in total. The zero-order valence-corrected chi connectivity index (χ0v) is 20.5. The number of carbonyl (C=O) groups is 2. The fourth-order valence-electron chi connectivity index (χ4n) is 3.76. The third kappa shape index (κ3) is 7.95. The molecule has 3 aromatic rings. The van der Waals surface area contributed by atoms with Crippen LogP contribution in [0.1, 0.15) is 37.0 Å². The van der Waals surface area contributed by atoms with Crippen molar-refractivity contribution in [3.05, 3.63) is 101 Å². The van der Waals surface area contributed by atoms with Gasteiger partial charge in [0.2, 0.25) is 5.91 Å². The normalized spacial score (nSPS) is 12.5. The number of nitrogens with zero attached hydrogens (tertiary/aromatic N) is 1. The van der Waals surface area contributed by atoms with Gasteiger partial charge < -0.3 is 15.0 Å². The molecule has 184 valence electrons. The number of hydrogen-bond donors (Lipinski definition) is 1. The highest BCUT2D eigenvalue weighted by atomic mass is 19.1. The Labute approximate surface area is 206 Å². The molecule has 0 aliphatic rings. The molecule has 35 heavy (non-hydrogen) atoms. The third-order valence-corrected chi connectivity index (χ3v) is 5.88. The molecular weight excluding hydrogens is 443 g/mol. The maximum Gasteiger partial charge on any atom is 0.261 e. The molecule has 2 atom stereocenters. The van der Waals surface area contributed by atoms with Gasteiger partial charge in [-0.3, -0.25) is 9.59 Å². The fourth-order valence-corrected chi connectivity index (χ4v) is 3.76. The largest absolute Gasteiger partial charge is 0.484 e. The average Bonchev–Trinajstić information content (AvgIpc) is 2.86. The van der Waals surface area contributed by atoms with E-state index in [9.17, 15) is 14.0 Å². The van der Waals surface area contributed by atoms with Crippen molar-refractivity contribution in [2.75, 3.05) is 6.61 Å². The van der Waals surface area contributed by atoms with Crippen molar-refractivity contribution in [3.63, 3.8) is 0 Å². The lowest BCUT2D eigenvalue weighted by molar-refractivity contribution is -0.143. The first kappa shape index (κ1) is 25.9. The van der Waals surface area contributed by atoms with Crippen LogP contribution in [0.15, 0.2) is 78.9 Å². The predicted octanol–water partition coefficient (Wildman–Crippen LogP) is 5.07. The molecule has 0 saturated carbocycles. The molecule has 0 aromatic heterocycles. The van der Waals surface area contributed by atoms with Crippen LogP contribution in [0.3, 0.4) is 0 Å². The summed E-state index contributed by atoms with van der Waals surface area (Å²) in [4.78, 5) is 28.5. The van der Waals surface area contributed by atoms with Gasteiger partial charge in [-0.05, 0) is 55.7 Å². The van der Waals surface area contributed by atoms with Crippen LogP contribution in [0.5, 0.6) is 5.75 Å². The SMILES string of the molecule is CC[C@@H](C)NC(=O)[C@H](Cc1ccccc1)N(Cc1cccc(C)c1)C(=O)COc1ccc(F)cc1. The quantitative estimate of drug-likeness (QED) is 0.421. The van der Waals surface area contributed by atoms with Crippen LogP contribution in [0.2, 0.25) is 0 Å². The molecule has 0 radical (unpaired) electrons. The monoisotopic (exact) mass is 476 g/mol. The second kappa shape index (κ2) is 12.7. The molecule has 0 bridgehead atoms. The van der Waals surface area contributed by atoms with Gasteiger partial charge in [0, 0.05) is 19.0 Å². The summed E-state index contributed by atoms with van der Waals surface area (Å²) in [6.45, 7) is 5.94. The summed E-state index contributed by atoms with van der Waals surface area (Å²) in [5.74, 6) is -0.518. The summed E-state index contributed by atoms with van der Waals surface area (Å²) < 4.78 is 18.9. The van der Waals surface area contributed by atoms with Crippen molar-refractivity contribution < 1.29 is 18.7 Å². The van der Waals surface area contributed by atoms with Crippen molar-refractivity contribution >= 4 is 11.8 Å². The second-order valence-corrected chi connectivity index (χ2v) is 8.78. The van der Waals surface area contributed by atoms with Crippen LogP contribution < -0.4 is 10.1 Å². The van der Waals surface area contributed by atoms with E-state index in [1.54, 1.807) is 4.90 Å². The summed E-state index contributed by atoms with van der Waals surface area (Å²) in [6.07, 6.45) is 1.15. The van der Waals surface area contributed by atoms with Gasteiger partial charge in [0.05, 0.1) is 0 Å². The number of carbonyl (C=O) groups excluding carboxylic acids is 2. The summed E-state index contributed by atoms with van der Waals surface area (Å²) in [7, 11) is 0. The second-order valence-electron chi connectivity index (χ2n) is 8.78. The van der Waals surface area contributed by atoms with Crippen molar-refractivity contribution in [2.24, 2.45) is 0 Å². The van der Waals surface area contributed by atoms with Crippen LogP contribution in [-0.4, -0.2) is 35.4 Å². The Balaban J connectivity index is 1.90. The molecule has 0 aliphatic heterocycles. The number of aryl methyl sites for hydroxylation is 1. The number of benzene rings is 3. The van der Waals surface area contributed by atoms with Gasteiger partial charge in [-0.25, -0.2) is 4.39 Å². The van der Waals surface area contributed by atoms with Crippen LogP contribution in [0, 0.1) is 12.7 Å². The predicted molar refractivity (Wildman–Crippen MR) is 135 cm³/mol. The fraction of sp³-hybridized carbons (Fsp3) is 0.310. The van der Waals surface area contributed by atoms with E-state index in [1.165, 1.54) is 24.3 Å². The first-order valence-corrected chi connectivity index (χ1v) is 11.9. The van der Waals surface area contributed by atoms with Gasteiger partial charge in [-0.2, -0.15) is 0 Å². The molecule has 0 spiro atoms. The van der Waals surface area contributed by atoms with Gasteiger partial charge >= 0.3 is 0 Å². The topological polar surface area (TPSA) is 58.6 Å². The van der Waals surface area contributed by atoms with Crippen LogP contribution >= 0.6 is 0 Å². The Kier molecular flexibility index (Phi) is 9.41. The molecule has 0 aliphatic carbocycles. The highest BCUT2D eigenvalue weighted by molar-refractivity contribution is 5.88. The molecule has 3 aromatic carbocycles. The summed E-state index contributed by atoms with van der Waals surface area (Å²) in [5, 5.41) is 3.05. The zero-order valence-electron chi connectivity index (χ0n) is 20.5. The van der Waals surface area contributed by atoms with Crippen LogP contribution in [-0.2, 0) is 22.6 Å². The molecule has 3 rings (SSSR count). The highest BCUT2D eigenvalue weighted by Crippen LogP contribution is 2.17. The van der Waals surface area contributed by atoms with Crippen molar-refractivity contribution in [1.29, 1.82) is 0 Å². The van der Waals surface area contributed by atoms with Crippen LogP contribution in [0.4, 0.5) is 4.39 Å². The van der Waals surface area contributed by atoms with Crippen LogP contribution in [0.25, 0.3) is 0 Å². The smallest absolute Gasteiger partial charge is 0.261 e. The maximum atomic E-state index is 13.5. The number of hydrogen-bond acceptors (Lipinski definition) is 3. The lowest BCUT2D eigenvalue weighted by Crippen LogP contribution is -2.53. The molecule has 6 heteroatoms. The number of nitrogens with one attached hydrogen (secondary N) is 1. The Hall–Kier alpha value is -3.67. The standard InChI is InChI=1S/C29H33FN2O3/c1-4-22(3)31-29(34)27(18-23-10-6-5-7-11-23)32(19-24-12-8-9-21(2)17-24)28(33)20-35-26-15-13-25(30)14-16-26/h5-17,22,27H,4,18-20H2,1-3H3,(H,31,34)/t22-,27+/m1/s1. The van der Waals surface area contributed by atoms with Gasteiger partial charge in [0.25, 0.3) is 5.91 Å². The van der Waals surface area contributed by atoms with Crippen molar-refractivity contribution in [2.45, 2.75) is 52.2 Å². The molecule has 0 saturated heterocycles. The van der Waals surface area contributed by atoms with E-state index in [4.69, 9.17) is 4.74 Å². The Bertz CT molecular complexity index is 1100. The first-order chi connectivity index (χ1) is 16.9. The van der Waals surface area contributed by atoms with Gasteiger partial charge in [0.1, 0.15) is 17.6 Å². The van der Waals surface area contributed by atoms with Gasteiger partial charge in [-0.1, -0.05) is 67.1 Å². The molecule has 0 unspecified atom stereocenters. The summed E-state index contributed by atoms with van der Waals surface area (Å²) in [6, 6.07) is 22.3. The molecule has 1 N–H and O–H groups in total. The van der Waals surface area contributed by atoms with E-state index in [0.717, 1.165) is 23.1 Å². The van der Waals surface area contributed by atoms with E-state index in [1.807, 2.05) is 75.4 Å². The van der Waals surface area contributed by atoms with Gasteiger partial charge in [0.15, 0.2) is 6.61 Å². The van der Waals surface area contributed by atoms with E-state index in [0.29, 0.717) is 12.2 Å². The number of rotatable bonds is 11. The van der Waals surface area contributed by atoms with E-state index >= 15 is 0 Å². The molecular formula is C29H33FN2O3. The number of ether oxygens (including phenoxy) is 1. The first-order valence-electron chi connectivity index (χ1n) is 11.9. The van der Waals surface area contributed by atoms with E-state index < -0.39 is 6.04 Å². The summed E-state index contributed by atoms with van der Waals surface area (Å²) in [5.41, 5.74) is 2.95. The van der Waals surface area contributed by atoms with Crippen molar-refractivity contribution in [3.8, 4) is 5.75 Å². The lowest BCUT2D eigenvalue weighted by Gasteiger charge is -2.32. The third-order valence-electron chi connectivity index (χ3n) is 5.88. The number of amides is 2. The van der Waals surface area contributed by atoms with Crippen molar-refractivity contribution in [1.82, 2.24) is 10.2 Å². The minimum Gasteiger partial charge on any atom is -0.484 e. The molecule has 0 fully saturated rings. The maximum absolute atomic E-state index is 13.5. The lowest BCUT2D eigenvalue weighted by atomic mass is 10.0. The zero-order chi connectivity index (χ0) is 25.2. The minimum atomic E-state index is -0.726. The average molecular weight is 477 g/mol. The minimum absolute atomic E-state index is 0.0211. The summed E-state index contributed by atoms with van der Waals surface area (Å²) >= 11 is 0.